The van der Waals surface area contributed by atoms with E-state index in [4.69, 9.17) is 5.11 Å². The third-order valence-electron chi connectivity index (χ3n) is 4.22. The van der Waals surface area contributed by atoms with E-state index in [0.29, 0.717) is 19.5 Å². The molecule has 116 valence electrons. The Balaban J connectivity index is 2.35. The summed E-state index contributed by atoms with van der Waals surface area (Å²) in [5, 5.41) is 12.3. The summed E-state index contributed by atoms with van der Waals surface area (Å²) >= 11 is 0. The number of hydrogen-bond acceptors (Lipinski definition) is 4. The molecule has 21 heavy (non-hydrogen) atoms. The van der Waals surface area contributed by atoms with E-state index in [1.54, 1.807) is 0 Å². The number of carbonyl (C=O) groups excluding carboxylic acids is 1. The van der Waals surface area contributed by atoms with Crippen LogP contribution in [-0.2, 0) is 9.59 Å². The van der Waals surface area contributed by atoms with Gasteiger partial charge >= 0.3 is 5.97 Å². The number of carbonyl (C=O) groups is 2. The molecule has 2 aliphatic rings. The Morgan fingerprint density at radius 2 is 2.05 bits per heavy atom. The number of piperidine rings is 1. The second kappa shape index (κ2) is 6.30. The average molecular weight is 293 g/mol. The number of carboxylic acids is 1. The van der Waals surface area contributed by atoms with Crippen molar-refractivity contribution in [2.45, 2.75) is 32.2 Å². The Hall–Kier alpha value is -1.82. The summed E-state index contributed by atoms with van der Waals surface area (Å²) in [5.74, 6) is -1.03. The molecule has 1 spiro atoms. The Morgan fingerprint density at radius 3 is 2.57 bits per heavy atom. The zero-order chi connectivity index (χ0) is 15.5. The zero-order valence-corrected chi connectivity index (χ0v) is 12.6. The Morgan fingerprint density at radius 1 is 1.38 bits per heavy atom. The Bertz CT molecular complexity index is 479. The fraction of sp³-hybridized carbons (Fsp3) is 0.600. The number of nitrogens with one attached hydrogen (secondary N) is 1. The van der Waals surface area contributed by atoms with Crippen LogP contribution < -0.4 is 5.32 Å². The van der Waals surface area contributed by atoms with Crippen molar-refractivity contribution in [3.05, 3.63) is 23.9 Å². The number of amides is 1. The average Bonchev–Trinajstić information content (AvgIpc) is 2.71. The van der Waals surface area contributed by atoms with Gasteiger partial charge in [0.1, 0.15) is 12.1 Å². The van der Waals surface area contributed by atoms with Crippen LogP contribution in [-0.4, -0.2) is 58.6 Å². The molecule has 1 amide bonds. The van der Waals surface area contributed by atoms with E-state index < -0.39 is 11.5 Å². The van der Waals surface area contributed by atoms with Crippen LogP contribution in [0.5, 0.6) is 0 Å². The first-order chi connectivity index (χ1) is 10.0. The maximum Gasteiger partial charge on any atom is 0.323 e. The second-order valence-corrected chi connectivity index (χ2v) is 5.46. The molecular formula is C15H23N3O3. The maximum atomic E-state index is 12.8. The quantitative estimate of drug-likeness (QED) is 0.749. The molecule has 0 saturated carbocycles. The number of allylic oxidation sites excluding steroid dienone is 3. The van der Waals surface area contributed by atoms with Crippen molar-refractivity contribution in [1.29, 1.82) is 0 Å². The normalized spacial score (nSPS) is 22.6. The molecule has 2 saturated heterocycles. The van der Waals surface area contributed by atoms with E-state index in [-0.39, 0.29) is 12.5 Å². The van der Waals surface area contributed by atoms with E-state index in [0.717, 1.165) is 18.8 Å². The van der Waals surface area contributed by atoms with Gasteiger partial charge in [0.2, 0.25) is 0 Å². The number of carboxylic acid groups (broad SMARTS) is 1. The third-order valence-corrected chi connectivity index (χ3v) is 4.22. The van der Waals surface area contributed by atoms with E-state index in [1.807, 2.05) is 32.1 Å². The van der Waals surface area contributed by atoms with Gasteiger partial charge in [-0.15, -0.1) is 0 Å². The largest absolute Gasteiger partial charge is 0.480 e. The topological polar surface area (TPSA) is 72.9 Å². The lowest BCUT2D eigenvalue weighted by Gasteiger charge is -2.40. The van der Waals surface area contributed by atoms with Crippen molar-refractivity contribution in [1.82, 2.24) is 15.1 Å². The molecule has 0 bridgehead atoms. The molecule has 2 aliphatic heterocycles. The van der Waals surface area contributed by atoms with E-state index in [9.17, 15) is 9.59 Å². The summed E-state index contributed by atoms with van der Waals surface area (Å²) in [6.45, 7) is 5.53. The molecule has 0 unspecified atom stereocenters. The SMILES string of the molecule is C/C=C\C(=C/C)N1CN(CC(=O)O)C(=O)C12CCNCC2. The van der Waals surface area contributed by atoms with Crippen molar-refractivity contribution in [3.63, 3.8) is 0 Å². The van der Waals surface area contributed by atoms with Crippen LogP contribution in [0.3, 0.4) is 0 Å². The molecule has 2 N–H and O–H groups in total. The molecular weight excluding hydrogens is 270 g/mol. The second-order valence-electron chi connectivity index (χ2n) is 5.46. The van der Waals surface area contributed by atoms with Crippen molar-refractivity contribution in [2.24, 2.45) is 0 Å². The minimum absolute atomic E-state index is 0.0600. The number of aliphatic carboxylic acids is 1. The van der Waals surface area contributed by atoms with E-state index >= 15 is 0 Å². The van der Waals surface area contributed by atoms with Crippen LogP contribution in [0, 0.1) is 0 Å². The smallest absolute Gasteiger partial charge is 0.323 e. The third kappa shape index (κ3) is 2.81. The molecule has 2 heterocycles. The van der Waals surface area contributed by atoms with Gasteiger partial charge in [0.15, 0.2) is 0 Å². The van der Waals surface area contributed by atoms with Gasteiger partial charge < -0.3 is 20.2 Å². The molecule has 0 aromatic carbocycles. The molecule has 0 atom stereocenters. The lowest BCUT2D eigenvalue weighted by atomic mass is 9.86. The Kier molecular flexibility index (Phi) is 4.67. The molecule has 6 heteroatoms. The summed E-state index contributed by atoms with van der Waals surface area (Å²) < 4.78 is 0. The maximum absolute atomic E-state index is 12.8. The summed E-state index contributed by atoms with van der Waals surface area (Å²) in [6, 6.07) is 0. The van der Waals surface area contributed by atoms with Crippen LogP contribution in [0.2, 0.25) is 0 Å². The summed E-state index contributed by atoms with van der Waals surface area (Å²) in [5.41, 5.74) is 0.378. The van der Waals surface area contributed by atoms with Crippen molar-refractivity contribution in [3.8, 4) is 0 Å². The predicted molar refractivity (Wildman–Crippen MR) is 79.5 cm³/mol. The monoisotopic (exact) mass is 293 g/mol. The minimum atomic E-state index is -0.970. The summed E-state index contributed by atoms with van der Waals surface area (Å²) in [4.78, 5) is 27.3. The van der Waals surface area contributed by atoms with Gasteiger partial charge in [-0.1, -0.05) is 12.2 Å². The highest BCUT2D eigenvalue weighted by Gasteiger charge is 2.53. The van der Waals surface area contributed by atoms with Gasteiger partial charge in [0.25, 0.3) is 5.91 Å². The highest BCUT2D eigenvalue weighted by molar-refractivity contribution is 5.91. The van der Waals surface area contributed by atoms with Crippen LogP contribution in [0.4, 0.5) is 0 Å². The highest BCUT2D eigenvalue weighted by Crippen LogP contribution is 2.37. The van der Waals surface area contributed by atoms with Crippen LogP contribution in [0.15, 0.2) is 23.9 Å². The van der Waals surface area contributed by atoms with E-state index in [2.05, 4.69) is 10.2 Å². The van der Waals surface area contributed by atoms with Crippen molar-refractivity contribution >= 4 is 11.9 Å². The van der Waals surface area contributed by atoms with Crippen molar-refractivity contribution in [2.75, 3.05) is 26.3 Å². The molecule has 2 rings (SSSR count). The van der Waals surface area contributed by atoms with Crippen LogP contribution in [0.25, 0.3) is 0 Å². The zero-order valence-electron chi connectivity index (χ0n) is 12.6. The molecule has 0 aliphatic carbocycles. The van der Waals surface area contributed by atoms with Crippen LogP contribution in [0.1, 0.15) is 26.7 Å². The minimum Gasteiger partial charge on any atom is -0.480 e. The fourth-order valence-corrected chi connectivity index (χ4v) is 3.23. The summed E-state index contributed by atoms with van der Waals surface area (Å²) in [7, 11) is 0. The van der Waals surface area contributed by atoms with Gasteiger partial charge in [0, 0.05) is 5.70 Å². The van der Waals surface area contributed by atoms with Gasteiger partial charge in [-0.3, -0.25) is 9.59 Å². The summed E-state index contributed by atoms with van der Waals surface area (Å²) in [6.07, 6.45) is 7.30. The van der Waals surface area contributed by atoms with Crippen molar-refractivity contribution < 1.29 is 14.7 Å². The first-order valence-electron chi connectivity index (χ1n) is 7.33. The Labute approximate surface area is 125 Å². The first kappa shape index (κ1) is 15.6. The number of hydrogen-bond donors (Lipinski definition) is 2. The lowest BCUT2D eigenvalue weighted by Crippen LogP contribution is -2.55. The molecule has 0 aromatic rings. The fourth-order valence-electron chi connectivity index (χ4n) is 3.23. The predicted octanol–water partition coefficient (Wildman–Crippen LogP) is 0.775. The molecule has 2 fully saturated rings. The number of nitrogens with zero attached hydrogens (tertiary/aromatic N) is 2. The van der Waals surface area contributed by atoms with Gasteiger partial charge in [0.05, 0.1) is 6.67 Å². The lowest BCUT2D eigenvalue weighted by molar-refractivity contribution is -0.144. The van der Waals surface area contributed by atoms with Gasteiger partial charge in [-0.25, -0.2) is 0 Å². The molecule has 0 radical (unpaired) electrons. The van der Waals surface area contributed by atoms with Gasteiger partial charge in [-0.05, 0) is 45.9 Å². The van der Waals surface area contributed by atoms with Crippen LogP contribution >= 0.6 is 0 Å². The molecule has 0 aromatic heterocycles. The first-order valence-corrected chi connectivity index (χ1v) is 7.33. The number of rotatable bonds is 4. The standard InChI is InChI=1S/C15H23N3O3/c1-3-5-12(4-2)18-11-17(10-13(19)20)14(21)15(18)6-8-16-9-7-15/h3-5,16H,6-11H2,1-2H3,(H,19,20)/b5-3-,12-4+. The van der Waals surface area contributed by atoms with E-state index in [1.165, 1.54) is 4.90 Å². The molecule has 6 nitrogen and oxygen atoms in total. The van der Waals surface area contributed by atoms with Gasteiger partial charge in [-0.2, -0.15) is 0 Å². The highest BCUT2D eigenvalue weighted by atomic mass is 16.4.